The number of rotatable bonds is 8. The molecule has 4 rings (SSSR count). The minimum Gasteiger partial charge on any atom is -0.496 e. The fourth-order valence-corrected chi connectivity index (χ4v) is 4.00. The zero-order valence-electron chi connectivity index (χ0n) is 18.5. The van der Waals surface area contributed by atoms with Crippen LogP contribution >= 0.6 is 0 Å². The number of ether oxygens (including phenoxy) is 1. The number of likely N-dealkylation sites (N-methyl/N-ethyl adjacent to an activating group) is 1. The van der Waals surface area contributed by atoms with Gasteiger partial charge < -0.3 is 9.64 Å². The van der Waals surface area contributed by atoms with Crippen molar-refractivity contribution in [2.24, 2.45) is 0 Å². The second kappa shape index (κ2) is 9.65. The molecule has 6 nitrogen and oxygen atoms in total. The number of pyridine rings is 1. The lowest BCUT2D eigenvalue weighted by Crippen LogP contribution is -2.36. The highest BCUT2D eigenvalue weighted by molar-refractivity contribution is 6.45. The van der Waals surface area contributed by atoms with E-state index in [0.717, 1.165) is 10.5 Å². The average Bonchev–Trinajstić information content (AvgIpc) is 3.10. The molecule has 1 aliphatic rings. The van der Waals surface area contributed by atoms with E-state index in [1.807, 2.05) is 24.0 Å². The molecular weight excluding hydrogens is 421 g/mol. The molecule has 2 aromatic carbocycles. The monoisotopic (exact) mass is 445 g/mol. The van der Waals surface area contributed by atoms with Gasteiger partial charge in [-0.25, -0.2) is 9.29 Å². The fraction of sp³-hybridized carbons (Fsp3) is 0.192. The summed E-state index contributed by atoms with van der Waals surface area (Å²) in [5.41, 5.74) is 1.93. The standard InChI is InChI=1S/C26H24FN3O3/c1-3-29(17-14-18-12-15-28-16-13-18)24-23(19-8-4-7-11-22(19)33-2)25(31)30(26(24)32)21-10-6-5-9-20(21)27/h4-13,15-16H,3,14,17H2,1-2H3. The van der Waals surface area contributed by atoms with Crippen molar-refractivity contribution in [1.29, 1.82) is 0 Å². The lowest BCUT2D eigenvalue weighted by Gasteiger charge is -2.25. The third-order valence-corrected chi connectivity index (χ3v) is 5.65. The Labute approximate surface area is 191 Å². The van der Waals surface area contributed by atoms with E-state index in [2.05, 4.69) is 4.98 Å². The molecule has 2 amide bonds. The molecule has 0 spiro atoms. The van der Waals surface area contributed by atoms with Crippen molar-refractivity contribution in [3.63, 3.8) is 0 Å². The summed E-state index contributed by atoms with van der Waals surface area (Å²) < 4.78 is 20.1. The molecule has 0 saturated heterocycles. The molecule has 3 aromatic rings. The van der Waals surface area contributed by atoms with Gasteiger partial charge in [-0.1, -0.05) is 30.3 Å². The van der Waals surface area contributed by atoms with Crippen LogP contribution in [0.25, 0.3) is 5.57 Å². The number of imide groups is 1. The summed E-state index contributed by atoms with van der Waals surface area (Å²) in [4.78, 5) is 34.1. The Balaban J connectivity index is 1.82. The van der Waals surface area contributed by atoms with E-state index in [1.165, 1.54) is 25.3 Å². The largest absolute Gasteiger partial charge is 0.496 e. The number of hydrogen-bond acceptors (Lipinski definition) is 5. The summed E-state index contributed by atoms with van der Waals surface area (Å²) in [5, 5.41) is 0. The summed E-state index contributed by atoms with van der Waals surface area (Å²) in [6, 6.07) is 16.6. The number of aromatic nitrogens is 1. The predicted molar refractivity (Wildman–Crippen MR) is 124 cm³/mol. The van der Waals surface area contributed by atoms with E-state index in [4.69, 9.17) is 4.74 Å². The summed E-state index contributed by atoms with van der Waals surface area (Å²) in [5.74, 6) is -1.30. The van der Waals surface area contributed by atoms with Crippen molar-refractivity contribution < 1.29 is 18.7 Å². The molecule has 0 N–H and O–H groups in total. The van der Waals surface area contributed by atoms with Crippen LogP contribution in [0.2, 0.25) is 0 Å². The van der Waals surface area contributed by atoms with Crippen molar-refractivity contribution in [2.75, 3.05) is 25.1 Å². The van der Waals surface area contributed by atoms with Crippen molar-refractivity contribution in [1.82, 2.24) is 9.88 Å². The first-order chi connectivity index (χ1) is 16.1. The molecule has 0 radical (unpaired) electrons. The van der Waals surface area contributed by atoms with E-state index < -0.39 is 17.6 Å². The van der Waals surface area contributed by atoms with Gasteiger partial charge in [0.15, 0.2) is 0 Å². The highest BCUT2D eigenvalue weighted by Crippen LogP contribution is 2.38. The Morgan fingerprint density at radius 1 is 0.970 bits per heavy atom. The molecule has 1 aliphatic heterocycles. The summed E-state index contributed by atoms with van der Waals surface area (Å²) in [6.07, 6.45) is 4.09. The van der Waals surface area contributed by atoms with Gasteiger partial charge in [-0.3, -0.25) is 14.6 Å². The van der Waals surface area contributed by atoms with Gasteiger partial charge in [0.2, 0.25) is 0 Å². The van der Waals surface area contributed by atoms with Crippen molar-refractivity contribution in [3.8, 4) is 5.75 Å². The predicted octanol–water partition coefficient (Wildman–Crippen LogP) is 4.08. The van der Waals surface area contributed by atoms with Gasteiger partial charge in [0.05, 0.1) is 18.4 Å². The summed E-state index contributed by atoms with van der Waals surface area (Å²) in [7, 11) is 1.51. The highest BCUT2D eigenvalue weighted by Gasteiger charge is 2.43. The second-order valence-electron chi connectivity index (χ2n) is 7.51. The zero-order valence-corrected chi connectivity index (χ0v) is 18.5. The highest BCUT2D eigenvalue weighted by atomic mass is 19.1. The molecule has 0 bridgehead atoms. The van der Waals surface area contributed by atoms with Gasteiger partial charge in [-0.15, -0.1) is 0 Å². The van der Waals surface area contributed by atoms with E-state index in [-0.39, 0.29) is 17.0 Å². The van der Waals surface area contributed by atoms with E-state index in [0.29, 0.717) is 30.8 Å². The van der Waals surface area contributed by atoms with E-state index in [9.17, 15) is 14.0 Å². The maximum atomic E-state index is 14.6. The molecule has 0 saturated carbocycles. The van der Waals surface area contributed by atoms with Crippen molar-refractivity contribution in [2.45, 2.75) is 13.3 Å². The van der Waals surface area contributed by atoms with Crippen molar-refractivity contribution in [3.05, 3.63) is 95.7 Å². The quantitative estimate of drug-likeness (QED) is 0.489. The van der Waals surface area contributed by atoms with Gasteiger partial charge in [0.25, 0.3) is 11.8 Å². The third kappa shape index (κ3) is 4.22. The van der Waals surface area contributed by atoms with Crippen LogP contribution in [-0.2, 0) is 16.0 Å². The average molecular weight is 445 g/mol. The molecule has 0 atom stereocenters. The normalized spacial score (nSPS) is 13.6. The van der Waals surface area contributed by atoms with Gasteiger partial charge >= 0.3 is 0 Å². The molecule has 7 heteroatoms. The smallest absolute Gasteiger partial charge is 0.282 e. The topological polar surface area (TPSA) is 62.7 Å². The molecule has 33 heavy (non-hydrogen) atoms. The third-order valence-electron chi connectivity index (χ3n) is 5.65. The molecule has 0 aliphatic carbocycles. The summed E-state index contributed by atoms with van der Waals surface area (Å²) >= 11 is 0. The first kappa shape index (κ1) is 22.2. The molecule has 168 valence electrons. The minimum atomic E-state index is -0.639. The number of nitrogens with zero attached hydrogens (tertiary/aromatic N) is 3. The SMILES string of the molecule is CCN(CCc1ccncc1)C1=C(c2ccccc2OC)C(=O)N(c2ccccc2F)C1=O. The van der Waals surface area contributed by atoms with Gasteiger partial charge in [-0.05, 0) is 49.2 Å². The number of amides is 2. The Kier molecular flexibility index (Phi) is 6.49. The second-order valence-corrected chi connectivity index (χ2v) is 7.51. The van der Waals surface area contributed by atoms with Crippen LogP contribution in [0.15, 0.2) is 78.8 Å². The number of para-hydroxylation sites is 2. The van der Waals surface area contributed by atoms with E-state index in [1.54, 1.807) is 42.7 Å². The van der Waals surface area contributed by atoms with Crippen LogP contribution in [0.1, 0.15) is 18.1 Å². The molecule has 2 heterocycles. The lowest BCUT2D eigenvalue weighted by atomic mass is 10.0. The molecular formula is C26H24FN3O3. The van der Waals surface area contributed by atoms with E-state index >= 15 is 0 Å². The van der Waals surface area contributed by atoms with Crippen LogP contribution in [0.4, 0.5) is 10.1 Å². The van der Waals surface area contributed by atoms with Gasteiger partial charge in [0, 0.05) is 31.0 Å². The zero-order chi connectivity index (χ0) is 23.4. The first-order valence-electron chi connectivity index (χ1n) is 10.7. The number of carbonyl (C=O) groups excluding carboxylic acids is 2. The van der Waals surface area contributed by atoms with Crippen LogP contribution in [0.5, 0.6) is 5.75 Å². The number of halogens is 1. The minimum absolute atomic E-state index is 0.0694. The Morgan fingerprint density at radius 2 is 1.67 bits per heavy atom. The van der Waals surface area contributed by atoms with Crippen LogP contribution < -0.4 is 9.64 Å². The maximum Gasteiger partial charge on any atom is 0.282 e. The van der Waals surface area contributed by atoms with Crippen LogP contribution in [-0.4, -0.2) is 41.9 Å². The fourth-order valence-electron chi connectivity index (χ4n) is 4.00. The number of anilines is 1. The number of benzene rings is 2. The Morgan fingerprint density at radius 3 is 2.36 bits per heavy atom. The molecule has 0 fully saturated rings. The molecule has 1 aromatic heterocycles. The van der Waals surface area contributed by atoms with Crippen molar-refractivity contribution >= 4 is 23.1 Å². The summed E-state index contributed by atoms with van der Waals surface area (Å²) in [6.45, 7) is 2.91. The molecule has 0 unspecified atom stereocenters. The maximum absolute atomic E-state index is 14.6. The van der Waals surface area contributed by atoms with Gasteiger partial charge in [-0.2, -0.15) is 0 Å². The Hall–Kier alpha value is -4.00. The van der Waals surface area contributed by atoms with Gasteiger partial charge in [0.1, 0.15) is 17.3 Å². The number of methoxy groups -OCH3 is 1. The van der Waals surface area contributed by atoms with Crippen LogP contribution in [0.3, 0.4) is 0 Å². The first-order valence-corrected chi connectivity index (χ1v) is 10.7. The van der Waals surface area contributed by atoms with Crippen LogP contribution in [0, 0.1) is 5.82 Å². The number of carbonyl (C=O) groups is 2. The Bertz CT molecular complexity index is 1210. The lowest BCUT2D eigenvalue weighted by molar-refractivity contribution is -0.120. The number of hydrogen-bond donors (Lipinski definition) is 0.